The number of hydrogen-bond donors (Lipinski definition) is 2. The zero-order chi connectivity index (χ0) is 14.9. The Balaban J connectivity index is 2.28. The van der Waals surface area contributed by atoms with Gasteiger partial charge in [0, 0.05) is 5.69 Å². The molecule has 0 aliphatic rings. The highest BCUT2D eigenvalue weighted by Gasteiger charge is 2.19. The maximum absolute atomic E-state index is 12.3. The van der Waals surface area contributed by atoms with Gasteiger partial charge in [-0.1, -0.05) is 18.3 Å². The maximum atomic E-state index is 12.3. The van der Waals surface area contributed by atoms with Gasteiger partial charge in [-0.15, -0.1) is 5.10 Å². The molecule has 6 heteroatoms. The van der Waals surface area contributed by atoms with Gasteiger partial charge in [-0.2, -0.15) is 0 Å². The van der Waals surface area contributed by atoms with E-state index in [0.29, 0.717) is 16.3 Å². The first-order valence-electron chi connectivity index (χ1n) is 6.34. The fraction of sp³-hybridized carbons (Fsp3) is 0.357. The summed E-state index contributed by atoms with van der Waals surface area (Å²) >= 11 is 1.10. The summed E-state index contributed by atoms with van der Waals surface area (Å²) in [7, 11) is 0. The molecule has 5 nitrogen and oxygen atoms in total. The number of amides is 1. The minimum atomic E-state index is -0.211. The minimum absolute atomic E-state index is 0.150. The number of aromatic nitrogens is 2. The van der Waals surface area contributed by atoms with Crippen molar-refractivity contribution in [2.75, 3.05) is 5.32 Å². The third kappa shape index (κ3) is 2.80. The number of hydrogen-bond acceptors (Lipinski definition) is 5. The van der Waals surface area contributed by atoms with Crippen LogP contribution in [0.3, 0.4) is 0 Å². The normalized spacial score (nSPS) is 10.8. The van der Waals surface area contributed by atoms with E-state index in [1.54, 1.807) is 19.1 Å². The van der Waals surface area contributed by atoms with Gasteiger partial charge in [0.25, 0.3) is 5.91 Å². The van der Waals surface area contributed by atoms with Crippen molar-refractivity contribution in [2.45, 2.75) is 33.6 Å². The lowest BCUT2D eigenvalue weighted by atomic mass is 10.1. The summed E-state index contributed by atoms with van der Waals surface area (Å²) in [5.74, 6) is 0.164. The van der Waals surface area contributed by atoms with Gasteiger partial charge in [0.05, 0.1) is 5.69 Å². The molecule has 0 saturated carbocycles. The van der Waals surface area contributed by atoms with E-state index in [0.717, 1.165) is 22.7 Å². The molecule has 1 amide bonds. The van der Waals surface area contributed by atoms with Crippen LogP contribution < -0.4 is 5.32 Å². The fourth-order valence-electron chi connectivity index (χ4n) is 1.85. The Labute approximate surface area is 121 Å². The number of nitrogens with zero attached hydrogens (tertiary/aromatic N) is 2. The highest BCUT2D eigenvalue weighted by atomic mass is 32.1. The first-order valence-corrected chi connectivity index (χ1v) is 7.11. The first kappa shape index (κ1) is 14.5. The van der Waals surface area contributed by atoms with Crippen molar-refractivity contribution >= 4 is 23.1 Å². The summed E-state index contributed by atoms with van der Waals surface area (Å²) in [6.07, 6.45) is 0. The number of aromatic hydroxyl groups is 1. The number of aryl methyl sites for hydroxylation is 2. The lowest BCUT2D eigenvalue weighted by Crippen LogP contribution is -2.14. The number of carbonyl (C=O) groups excluding carboxylic acids is 1. The third-order valence-corrected chi connectivity index (χ3v) is 3.80. The molecule has 0 aliphatic carbocycles. The van der Waals surface area contributed by atoms with E-state index in [2.05, 4.69) is 14.9 Å². The second-order valence-electron chi connectivity index (χ2n) is 5.05. The molecule has 0 atom stereocenters. The van der Waals surface area contributed by atoms with Crippen LogP contribution in [0.4, 0.5) is 5.69 Å². The topological polar surface area (TPSA) is 75.1 Å². The fourth-order valence-corrected chi connectivity index (χ4v) is 2.56. The van der Waals surface area contributed by atoms with Crippen molar-refractivity contribution in [3.8, 4) is 5.75 Å². The van der Waals surface area contributed by atoms with E-state index in [9.17, 15) is 9.90 Å². The van der Waals surface area contributed by atoms with Crippen LogP contribution in [0.1, 0.15) is 46.3 Å². The summed E-state index contributed by atoms with van der Waals surface area (Å²) in [6, 6.07) is 3.39. The van der Waals surface area contributed by atoms with Crippen molar-refractivity contribution in [3.05, 3.63) is 33.8 Å². The quantitative estimate of drug-likeness (QED) is 0.851. The van der Waals surface area contributed by atoms with Crippen molar-refractivity contribution in [1.82, 2.24) is 9.59 Å². The molecule has 0 saturated heterocycles. The zero-order valence-electron chi connectivity index (χ0n) is 11.9. The molecule has 0 spiro atoms. The van der Waals surface area contributed by atoms with Gasteiger partial charge >= 0.3 is 0 Å². The Morgan fingerprint density at radius 1 is 1.30 bits per heavy atom. The van der Waals surface area contributed by atoms with Gasteiger partial charge in [-0.25, -0.2) is 0 Å². The SMILES string of the molecule is Cc1cc(NC(=O)c2snnc2C(C)C)c(C)cc1O. The number of carbonyl (C=O) groups is 1. The minimum Gasteiger partial charge on any atom is -0.508 e. The highest BCUT2D eigenvalue weighted by molar-refractivity contribution is 7.08. The van der Waals surface area contributed by atoms with E-state index >= 15 is 0 Å². The molecule has 0 aliphatic heterocycles. The molecule has 20 heavy (non-hydrogen) atoms. The van der Waals surface area contributed by atoms with Crippen LogP contribution in [-0.4, -0.2) is 20.6 Å². The molecule has 0 bridgehead atoms. The van der Waals surface area contributed by atoms with Gasteiger partial charge in [-0.3, -0.25) is 4.79 Å². The molecule has 106 valence electrons. The number of benzene rings is 1. The molecule has 0 unspecified atom stereocenters. The van der Waals surface area contributed by atoms with Crippen LogP contribution in [0.5, 0.6) is 5.75 Å². The summed E-state index contributed by atoms with van der Waals surface area (Å²) in [4.78, 5) is 12.8. The van der Waals surface area contributed by atoms with Crippen LogP contribution in [0, 0.1) is 13.8 Å². The molecule has 0 radical (unpaired) electrons. The standard InChI is InChI=1S/C14H17N3O2S/c1-7(2)12-13(20-17-16-12)14(19)15-10-5-9(4)11(18)6-8(10)3/h5-7,18H,1-4H3,(H,15,19). The van der Waals surface area contributed by atoms with Gasteiger partial charge in [0.15, 0.2) is 0 Å². The van der Waals surface area contributed by atoms with Crippen molar-refractivity contribution in [2.24, 2.45) is 0 Å². The Morgan fingerprint density at radius 2 is 2.00 bits per heavy atom. The van der Waals surface area contributed by atoms with E-state index in [4.69, 9.17) is 0 Å². The highest BCUT2D eigenvalue weighted by Crippen LogP contribution is 2.26. The van der Waals surface area contributed by atoms with Gasteiger partial charge < -0.3 is 10.4 Å². The monoisotopic (exact) mass is 291 g/mol. The molecule has 0 fully saturated rings. The predicted molar refractivity (Wildman–Crippen MR) is 79.5 cm³/mol. The summed E-state index contributed by atoms with van der Waals surface area (Å²) in [5.41, 5.74) is 2.93. The number of phenols is 1. The second kappa shape index (κ2) is 5.58. The number of nitrogens with one attached hydrogen (secondary N) is 1. The van der Waals surface area contributed by atoms with Crippen LogP contribution in [-0.2, 0) is 0 Å². The van der Waals surface area contributed by atoms with Crippen LogP contribution >= 0.6 is 11.5 Å². The van der Waals surface area contributed by atoms with Gasteiger partial charge in [0.2, 0.25) is 0 Å². The Kier molecular flexibility index (Phi) is 4.04. The number of anilines is 1. The predicted octanol–water partition coefficient (Wildman–Crippen LogP) is 3.24. The molecule has 2 aromatic rings. The Morgan fingerprint density at radius 3 is 2.65 bits per heavy atom. The molecular weight excluding hydrogens is 274 g/mol. The van der Waals surface area contributed by atoms with Crippen molar-refractivity contribution in [3.63, 3.8) is 0 Å². The summed E-state index contributed by atoms with van der Waals surface area (Å²) in [6.45, 7) is 7.58. The molecule has 1 heterocycles. The van der Waals surface area contributed by atoms with E-state index in [1.807, 2.05) is 20.8 Å². The zero-order valence-corrected chi connectivity index (χ0v) is 12.7. The van der Waals surface area contributed by atoms with Crippen molar-refractivity contribution < 1.29 is 9.90 Å². The molecule has 1 aromatic heterocycles. The number of rotatable bonds is 3. The smallest absolute Gasteiger partial charge is 0.269 e. The van der Waals surface area contributed by atoms with E-state index < -0.39 is 0 Å². The second-order valence-corrected chi connectivity index (χ2v) is 5.80. The average Bonchev–Trinajstić information content (AvgIpc) is 2.85. The third-order valence-electron chi connectivity index (χ3n) is 3.06. The van der Waals surface area contributed by atoms with Crippen LogP contribution in [0.15, 0.2) is 12.1 Å². The van der Waals surface area contributed by atoms with Crippen LogP contribution in [0.25, 0.3) is 0 Å². The lowest BCUT2D eigenvalue weighted by molar-refractivity contribution is 0.102. The van der Waals surface area contributed by atoms with Gasteiger partial charge in [0.1, 0.15) is 10.6 Å². The van der Waals surface area contributed by atoms with E-state index in [-0.39, 0.29) is 17.6 Å². The maximum Gasteiger partial charge on any atom is 0.269 e. The summed E-state index contributed by atoms with van der Waals surface area (Å²) in [5, 5.41) is 16.5. The Hall–Kier alpha value is -1.95. The Bertz CT molecular complexity index is 650. The largest absolute Gasteiger partial charge is 0.508 e. The molecule has 2 N–H and O–H groups in total. The summed E-state index contributed by atoms with van der Waals surface area (Å²) < 4.78 is 3.85. The van der Waals surface area contributed by atoms with Crippen LogP contribution in [0.2, 0.25) is 0 Å². The number of phenolic OH excluding ortho intramolecular Hbond substituents is 1. The first-order chi connectivity index (χ1) is 9.40. The van der Waals surface area contributed by atoms with E-state index in [1.165, 1.54) is 0 Å². The lowest BCUT2D eigenvalue weighted by Gasteiger charge is -2.10. The van der Waals surface area contributed by atoms with Crippen molar-refractivity contribution in [1.29, 1.82) is 0 Å². The average molecular weight is 291 g/mol. The molecule has 2 rings (SSSR count). The van der Waals surface area contributed by atoms with Gasteiger partial charge in [-0.05, 0) is 54.6 Å². The molecular formula is C14H17N3O2S. The molecule has 1 aromatic carbocycles.